The summed E-state index contributed by atoms with van der Waals surface area (Å²) in [5.41, 5.74) is 0. The molecule has 1 aliphatic rings. The van der Waals surface area contributed by atoms with Gasteiger partial charge >= 0.3 is 0 Å². The fourth-order valence-corrected chi connectivity index (χ4v) is 2.12. The van der Waals surface area contributed by atoms with Gasteiger partial charge in [-0.1, -0.05) is 32.6 Å². The highest BCUT2D eigenvalue weighted by atomic mass is 15.1. The van der Waals surface area contributed by atoms with Gasteiger partial charge in [0, 0.05) is 25.0 Å². The minimum atomic E-state index is 0.768. The van der Waals surface area contributed by atoms with E-state index in [0.29, 0.717) is 0 Å². The third kappa shape index (κ3) is 4.50. The van der Waals surface area contributed by atoms with Crippen molar-refractivity contribution in [3.8, 4) is 0 Å². The third-order valence-corrected chi connectivity index (χ3v) is 3.43. The molecular weight excluding hydrogens is 210 g/mol. The van der Waals surface area contributed by atoms with Crippen LogP contribution in [0.1, 0.15) is 57.7 Å². The van der Waals surface area contributed by atoms with Crippen LogP contribution in [0.2, 0.25) is 0 Å². The molecule has 0 aromatic carbocycles. The summed E-state index contributed by atoms with van der Waals surface area (Å²) in [4.78, 5) is 4.43. The Morgan fingerprint density at radius 1 is 1.29 bits per heavy atom. The Bertz CT molecular complexity index is 315. The highest BCUT2D eigenvalue weighted by Gasteiger charge is 2.20. The lowest BCUT2D eigenvalue weighted by molar-refractivity contribution is 0.538. The predicted octanol–water partition coefficient (Wildman–Crippen LogP) is 3.11. The van der Waals surface area contributed by atoms with Crippen molar-refractivity contribution in [2.45, 2.75) is 71.0 Å². The SMILES string of the molecule is CCCCCCCn1ccnc1CNC1CC1. The molecule has 1 saturated carbocycles. The maximum absolute atomic E-state index is 4.43. The van der Waals surface area contributed by atoms with Crippen LogP contribution in [-0.4, -0.2) is 15.6 Å². The number of rotatable bonds is 9. The number of unbranched alkanes of at least 4 members (excludes halogenated alkanes) is 4. The quantitative estimate of drug-likeness (QED) is 0.667. The molecule has 1 aromatic heterocycles. The van der Waals surface area contributed by atoms with Gasteiger partial charge in [0.15, 0.2) is 0 Å². The van der Waals surface area contributed by atoms with E-state index in [1.807, 2.05) is 6.20 Å². The largest absolute Gasteiger partial charge is 0.334 e. The van der Waals surface area contributed by atoms with Gasteiger partial charge in [-0.25, -0.2) is 4.98 Å². The summed E-state index contributed by atoms with van der Waals surface area (Å²) >= 11 is 0. The van der Waals surface area contributed by atoms with Crippen molar-refractivity contribution in [1.29, 1.82) is 0 Å². The van der Waals surface area contributed by atoms with Crippen molar-refractivity contribution in [3.63, 3.8) is 0 Å². The lowest BCUT2D eigenvalue weighted by Gasteiger charge is -2.08. The van der Waals surface area contributed by atoms with Crippen LogP contribution in [0, 0.1) is 0 Å². The Hall–Kier alpha value is -0.830. The first kappa shape index (κ1) is 12.6. The van der Waals surface area contributed by atoms with Gasteiger partial charge in [-0.05, 0) is 19.3 Å². The van der Waals surface area contributed by atoms with E-state index in [1.165, 1.54) is 50.8 Å². The van der Waals surface area contributed by atoms with E-state index in [-0.39, 0.29) is 0 Å². The van der Waals surface area contributed by atoms with E-state index in [9.17, 15) is 0 Å². The number of hydrogen-bond acceptors (Lipinski definition) is 2. The molecule has 96 valence electrons. The fraction of sp³-hybridized carbons (Fsp3) is 0.786. The Balaban J connectivity index is 1.66. The van der Waals surface area contributed by atoms with Crippen molar-refractivity contribution in [2.75, 3.05) is 0 Å². The van der Waals surface area contributed by atoms with Gasteiger partial charge < -0.3 is 9.88 Å². The van der Waals surface area contributed by atoms with Crippen LogP contribution in [0.15, 0.2) is 12.4 Å². The molecule has 0 saturated heterocycles. The maximum atomic E-state index is 4.43. The Labute approximate surface area is 105 Å². The summed E-state index contributed by atoms with van der Waals surface area (Å²) in [6, 6.07) is 0.768. The second-order valence-electron chi connectivity index (χ2n) is 5.11. The second-order valence-corrected chi connectivity index (χ2v) is 5.11. The zero-order valence-corrected chi connectivity index (χ0v) is 11.0. The van der Waals surface area contributed by atoms with E-state index >= 15 is 0 Å². The van der Waals surface area contributed by atoms with Gasteiger partial charge in [-0.2, -0.15) is 0 Å². The van der Waals surface area contributed by atoms with Crippen LogP contribution < -0.4 is 5.32 Å². The van der Waals surface area contributed by atoms with Crippen molar-refractivity contribution in [2.24, 2.45) is 0 Å². The molecule has 1 fully saturated rings. The molecule has 0 unspecified atom stereocenters. The van der Waals surface area contributed by atoms with Gasteiger partial charge in [0.05, 0.1) is 6.54 Å². The molecule has 1 heterocycles. The predicted molar refractivity (Wildman–Crippen MR) is 70.8 cm³/mol. The standard InChI is InChI=1S/C14H25N3/c1-2-3-4-5-6-10-17-11-9-15-14(17)12-16-13-7-8-13/h9,11,13,16H,2-8,10,12H2,1H3. The van der Waals surface area contributed by atoms with Crippen LogP contribution in [0.4, 0.5) is 0 Å². The summed E-state index contributed by atoms with van der Waals surface area (Å²) in [7, 11) is 0. The first-order chi connectivity index (χ1) is 8.40. The molecule has 0 amide bonds. The van der Waals surface area contributed by atoms with Crippen LogP contribution in [0.25, 0.3) is 0 Å². The number of imidazole rings is 1. The van der Waals surface area contributed by atoms with Gasteiger partial charge in [-0.3, -0.25) is 0 Å². The molecule has 1 aromatic rings. The number of nitrogens with zero attached hydrogens (tertiary/aromatic N) is 2. The van der Waals surface area contributed by atoms with Crippen molar-refractivity contribution in [3.05, 3.63) is 18.2 Å². The van der Waals surface area contributed by atoms with Crippen molar-refractivity contribution < 1.29 is 0 Å². The lowest BCUT2D eigenvalue weighted by Crippen LogP contribution is -2.18. The Morgan fingerprint density at radius 3 is 2.88 bits per heavy atom. The molecule has 2 rings (SSSR count). The van der Waals surface area contributed by atoms with Gasteiger partial charge in [0.1, 0.15) is 5.82 Å². The van der Waals surface area contributed by atoms with Gasteiger partial charge in [0.2, 0.25) is 0 Å². The molecule has 17 heavy (non-hydrogen) atoms. The summed E-state index contributed by atoms with van der Waals surface area (Å²) in [5, 5.41) is 3.53. The fourth-order valence-electron chi connectivity index (χ4n) is 2.12. The van der Waals surface area contributed by atoms with E-state index in [1.54, 1.807) is 0 Å². The molecule has 3 nitrogen and oxygen atoms in total. The zero-order valence-electron chi connectivity index (χ0n) is 11.0. The zero-order chi connectivity index (χ0) is 11.9. The summed E-state index contributed by atoms with van der Waals surface area (Å²) in [5.74, 6) is 1.20. The van der Waals surface area contributed by atoms with Crippen LogP contribution in [0.3, 0.4) is 0 Å². The molecule has 0 bridgehead atoms. The first-order valence-electron chi connectivity index (χ1n) is 7.13. The third-order valence-electron chi connectivity index (χ3n) is 3.43. The Morgan fingerprint density at radius 2 is 2.12 bits per heavy atom. The van der Waals surface area contributed by atoms with Crippen LogP contribution >= 0.6 is 0 Å². The molecule has 0 atom stereocenters. The average molecular weight is 235 g/mol. The van der Waals surface area contributed by atoms with E-state index in [0.717, 1.165) is 19.1 Å². The molecule has 0 radical (unpaired) electrons. The topological polar surface area (TPSA) is 29.9 Å². The average Bonchev–Trinajstić information content (AvgIpc) is 3.06. The summed E-state index contributed by atoms with van der Waals surface area (Å²) in [6.45, 7) is 4.33. The lowest BCUT2D eigenvalue weighted by atomic mass is 10.1. The monoisotopic (exact) mass is 235 g/mol. The number of aromatic nitrogens is 2. The first-order valence-corrected chi connectivity index (χ1v) is 7.13. The van der Waals surface area contributed by atoms with Crippen molar-refractivity contribution >= 4 is 0 Å². The van der Waals surface area contributed by atoms with Crippen molar-refractivity contribution in [1.82, 2.24) is 14.9 Å². The normalized spacial score (nSPS) is 15.4. The molecule has 1 N–H and O–H groups in total. The van der Waals surface area contributed by atoms with Gasteiger partial charge in [0.25, 0.3) is 0 Å². The van der Waals surface area contributed by atoms with E-state index < -0.39 is 0 Å². The molecule has 1 aliphatic carbocycles. The molecule has 3 heteroatoms. The number of nitrogens with one attached hydrogen (secondary N) is 1. The molecule has 0 aliphatic heterocycles. The smallest absolute Gasteiger partial charge is 0.122 e. The number of aryl methyl sites for hydroxylation is 1. The van der Waals surface area contributed by atoms with E-state index in [2.05, 4.69) is 28.0 Å². The van der Waals surface area contributed by atoms with Crippen LogP contribution in [-0.2, 0) is 13.1 Å². The summed E-state index contributed by atoms with van der Waals surface area (Å²) in [6.07, 6.45) is 13.4. The highest BCUT2D eigenvalue weighted by molar-refractivity contribution is 4.94. The summed E-state index contributed by atoms with van der Waals surface area (Å²) < 4.78 is 2.31. The minimum absolute atomic E-state index is 0.768. The molecule has 0 spiro atoms. The molecular formula is C14H25N3. The van der Waals surface area contributed by atoms with E-state index in [4.69, 9.17) is 0 Å². The number of hydrogen-bond donors (Lipinski definition) is 1. The van der Waals surface area contributed by atoms with Gasteiger partial charge in [-0.15, -0.1) is 0 Å². The highest BCUT2D eigenvalue weighted by Crippen LogP contribution is 2.19. The minimum Gasteiger partial charge on any atom is -0.334 e. The maximum Gasteiger partial charge on any atom is 0.122 e. The second kappa shape index (κ2) is 6.80. The van der Waals surface area contributed by atoms with Crippen LogP contribution in [0.5, 0.6) is 0 Å². The Kier molecular flexibility index (Phi) is 5.05.